The number of hydrogen-bond acceptors (Lipinski definition) is 5. The molecule has 2 aromatic rings. The van der Waals surface area contributed by atoms with Crippen LogP contribution in [0.5, 0.6) is 0 Å². The number of carbonyl (C=O) groups is 3. The first-order valence-electron chi connectivity index (χ1n) is 11.1. The summed E-state index contributed by atoms with van der Waals surface area (Å²) in [6, 6.07) is 15.1. The van der Waals surface area contributed by atoms with Crippen molar-refractivity contribution in [3.05, 3.63) is 59.7 Å². The number of carbonyl (C=O) groups excluding carboxylic acids is 2. The Kier molecular flexibility index (Phi) is 5.32. The van der Waals surface area contributed by atoms with E-state index < -0.39 is 29.6 Å². The highest BCUT2D eigenvalue weighted by Gasteiger charge is 2.63. The molecule has 4 aliphatic rings. The standard InChI is InChI=1S/C25H26N2O6/c1-32-14-21(22(28)27-12-15-10-25(27,11-15)23(29)30)26-24(31)33-13-20-18-8-4-2-6-16(18)17-7-3-5-9-19(17)20/h2-9,15,20-21H,10-14H2,1H3,(H,26,31)(H,29,30). The number of nitrogens with zero attached hydrogens (tertiary/aromatic N) is 1. The number of hydrogen-bond donors (Lipinski definition) is 2. The van der Waals surface area contributed by atoms with Crippen molar-refractivity contribution in [2.45, 2.75) is 30.3 Å². The van der Waals surface area contributed by atoms with Crippen molar-refractivity contribution in [1.29, 1.82) is 0 Å². The van der Waals surface area contributed by atoms with Gasteiger partial charge in [0, 0.05) is 19.6 Å². The molecule has 2 aliphatic carbocycles. The highest BCUT2D eigenvalue weighted by Crippen LogP contribution is 2.51. The summed E-state index contributed by atoms with van der Waals surface area (Å²) in [7, 11) is 1.43. The third-order valence-corrected chi connectivity index (χ3v) is 7.14. The maximum atomic E-state index is 13.1. The van der Waals surface area contributed by atoms with Crippen LogP contribution in [0.25, 0.3) is 11.1 Å². The Balaban J connectivity index is 1.26. The highest BCUT2D eigenvalue weighted by atomic mass is 16.5. The predicted octanol–water partition coefficient (Wildman–Crippen LogP) is 2.62. The maximum Gasteiger partial charge on any atom is 0.407 e. The monoisotopic (exact) mass is 450 g/mol. The van der Waals surface area contributed by atoms with Crippen molar-refractivity contribution in [3.8, 4) is 11.1 Å². The van der Waals surface area contributed by atoms with E-state index >= 15 is 0 Å². The lowest BCUT2D eigenvalue weighted by Crippen LogP contribution is -2.59. The number of ether oxygens (including phenoxy) is 2. The first kappa shape index (κ1) is 21.5. The van der Waals surface area contributed by atoms with Gasteiger partial charge in [0.1, 0.15) is 18.2 Å². The summed E-state index contributed by atoms with van der Waals surface area (Å²) in [5.74, 6) is -1.35. The molecule has 8 nitrogen and oxygen atoms in total. The van der Waals surface area contributed by atoms with Gasteiger partial charge in [-0.1, -0.05) is 48.5 Å². The molecule has 2 bridgehead atoms. The van der Waals surface area contributed by atoms with Crippen molar-refractivity contribution in [3.63, 3.8) is 0 Å². The summed E-state index contributed by atoms with van der Waals surface area (Å²) in [5.41, 5.74) is 3.28. The minimum atomic E-state index is -1.16. The highest BCUT2D eigenvalue weighted by molar-refractivity contribution is 5.93. The quantitative estimate of drug-likeness (QED) is 0.672. The third kappa shape index (κ3) is 3.45. The third-order valence-electron chi connectivity index (χ3n) is 7.14. The molecule has 0 aromatic heterocycles. The predicted molar refractivity (Wildman–Crippen MR) is 119 cm³/mol. The molecule has 2 saturated heterocycles. The summed E-state index contributed by atoms with van der Waals surface area (Å²) in [5, 5.41) is 12.2. The number of carboxylic acids is 1. The Hall–Kier alpha value is -3.39. The van der Waals surface area contributed by atoms with Crippen molar-refractivity contribution < 1.29 is 29.0 Å². The van der Waals surface area contributed by atoms with Gasteiger partial charge in [-0.3, -0.25) is 4.79 Å². The Bertz CT molecular complexity index is 1060. The molecule has 2 heterocycles. The van der Waals surface area contributed by atoms with Gasteiger partial charge in [0.15, 0.2) is 0 Å². The first-order valence-corrected chi connectivity index (χ1v) is 11.1. The largest absolute Gasteiger partial charge is 0.479 e. The molecule has 33 heavy (non-hydrogen) atoms. The van der Waals surface area contributed by atoms with E-state index in [0.29, 0.717) is 19.4 Å². The SMILES string of the molecule is COCC(NC(=O)OCC1c2ccccc2-c2ccccc21)C(=O)N1CC2CC1(C(=O)O)C2. The van der Waals surface area contributed by atoms with E-state index in [4.69, 9.17) is 9.47 Å². The Labute approximate surface area is 191 Å². The van der Waals surface area contributed by atoms with E-state index in [1.54, 1.807) is 0 Å². The van der Waals surface area contributed by atoms with Gasteiger partial charge in [-0.15, -0.1) is 0 Å². The molecule has 1 unspecified atom stereocenters. The Morgan fingerprint density at radius 2 is 1.70 bits per heavy atom. The summed E-state index contributed by atoms with van der Waals surface area (Å²) >= 11 is 0. The summed E-state index contributed by atoms with van der Waals surface area (Å²) in [6.07, 6.45) is 0.181. The fourth-order valence-corrected chi connectivity index (χ4v) is 5.58. The molecule has 2 aromatic carbocycles. The fraction of sp³-hybridized carbons (Fsp3) is 0.400. The first-order chi connectivity index (χ1) is 15.9. The van der Waals surface area contributed by atoms with Crippen LogP contribution in [0.2, 0.25) is 0 Å². The lowest BCUT2D eigenvalue weighted by atomic mass is 9.73. The van der Waals surface area contributed by atoms with Crippen LogP contribution in [0, 0.1) is 5.92 Å². The average molecular weight is 450 g/mol. The van der Waals surface area contributed by atoms with E-state index in [2.05, 4.69) is 17.4 Å². The average Bonchev–Trinajstić information content (AvgIpc) is 3.45. The Morgan fingerprint density at radius 1 is 1.09 bits per heavy atom. The van der Waals surface area contributed by atoms with Crippen LogP contribution in [-0.2, 0) is 19.1 Å². The number of methoxy groups -OCH3 is 1. The van der Waals surface area contributed by atoms with Crippen LogP contribution in [0.4, 0.5) is 4.79 Å². The van der Waals surface area contributed by atoms with Gasteiger partial charge in [-0.2, -0.15) is 0 Å². The summed E-state index contributed by atoms with van der Waals surface area (Å²) in [6.45, 7) is 0.441. The lowest BCUT2D eigenvalue weighted by molar-refractivity contribution is -0.159. The van der Waals surface area contributed by atoms with Crippen LogP contribution in [0.15, 0.2) is 48.5 Å². The van der Waals surface area contributed by atoms with E-state index in [1.165, 1.54) is 12.0 Å². The number of carboxylic acid groups (broad SMARTS) is 1. The van der Waals surface area contributed by atoms with E-state index in [9.17, 15) is 19.5 Å². The van der Waals surface area contributed by atoms with Crippen molar-refractivity contribution in [2.24, 2.45) is 5.92 Å². The van der Waals surface area contributed by atoms with Crippen LogP contribution in [-0.4, -0.2) is 66.4 Å². The van der Waals surface area contributed by atoms with Gasteiger partial charge in [0.2, 0.25) is 5.91 Å². The van der Waals surface area contributed by atoms with Crippen molar-refractivity contribution in [2.75, 3.05) is 26.9 Å². The van der Waals surface area contributed by atoms with Crippen molar-refractivity contribution >= 4 is 18.0 Å². The molecule has 3 fully saturated rings. The van der Waals surface area contributed by atoms with Crippen LogP contribution < -0.4 is 5.32 Å². The second-order valence-electron chi connectivity index (χ2n) is 9.04. The zero-order valence-electron chi connectivity index (χ0n) is 18.3. The van der Waals surface area contributed by atoms with Crippen LogP contribution in [0.1, 0.15) is 29.9 Å². The van der Waals surface area contributed by atoms with Crippen LogP contribution >= 0.6 is 0 Å². The number of fused-ring (bicyclic) bond motifs is 4. The Morgan fingerprint density at radius 3 is 2.27 bits per heavy atom. The van der Waals surface area contributed by atoms with E-state index in [0.717, 1.165) is 22.3 Å². The molecule has 2 amide bonds. The molecular formula is C25H26N2O6. The van der Waals surface area contributed by atoms with E-state index in [1.807, 2.05) is 36.4 Å². The van der Waals surface area contributed by atoms with Crippen LogP contribution in [0.3, 0.4) is 0 Å². The minimum absolute atomic E-state index is 0.0695. The van der Waals surface area contributed by atoms with Gasteiger partial charge >= 0.3 is 12.1 Å². The van der Waals surface area contributed by atoms with E-state index in [-0.39, 0.29) is 25.0 Å². The van der Waals surface area contributed by atoms with Gasteiger partial charge in [-0.25, -0.2) is 9.59 Å². The molecule has 172 valence electrons. The zero-order chi connectivity index (χ0) is 23.2. The second-order valence-corrected chi connectivity index (χ2v) is 9.04. The smallest absolute Gasteiger partial charge is 0.407 e. The topological polar surface area (TPSA) is 105 Å². The summed E-state index contributed by atoms with van der Waals surface area (Å²) < 4.78 is 10.7. The molecule has 1 saturated carbocycles. The second kappa shape index (κ2) is 8.19. The normalized spacial score (nSPS) is 23.3. The number of rotatable bonds is 7. The van der Waals surface area contributed by atoms with Gasteiger partial charge < -0.3 is 24.8 Å². The molecular weight excluding hydrogens is 424 g/mol. The number of nitrogens with one attached hydrogen (secondary N) is 1. The minimum Gasteiger partial charge on any atom is -0.479 e. The van der Waals surface area contributed by atoms with Gasteiger partial charge in [-0.05, 0) is 41.0 Å². The number of benzene rings is 2. The number of aliphatic carboxylic acids is 1. The lowest BCUT2D eigenvalue weighted by Gasteiger charge is -2.38. The number of alkyl carbamates (subject to hydrolysis) is 1. The fourth-order valence-electron chi connectivity index (χ4n) is 5.58. The molecule has 2 N–H and O–H groups in total. The molecule has 0 radical (unpaired) electrons. The maximum absolute atomic E-state index is 13.1. The molecule has 1 atom stereocenters. The molecule has 6 rings (SSSR count). The molecule has 0 spiro atoms. The van der Waals surface area contributed by atoms with Crippen molar-refractivity contribution in [1.82, 2.24) is 10.2 Å². The zero-order valence-corrected chi connectivity index (χ0v) is 18.3. The van der Waals surface area contributed by atoms with Gasteiger partial charge in [0.05, 0.1) is 6.61 Å². The summed E-state index contributed by atoms with van der Waals surface area (Å²) in [4.78, 5) is 39.0. The molecule has 2 aliphatic heterocycles. The number of amides is 2. The van der Waals surface area contributed by atoms with Gasteiger partial charge in [0.25, 0.3) is 0 Å². The molecule has 8 heteroatoms.